The van der Waals surface area contributed by atoms with Gasteiger partial charge in [-0.3, -0.25) is 4.52 Å². The van der Waals surface area contributed by atoms with E-state index in [4.69, 9.17) is 23.8 Å². The van der Waals surface area contributed by atoms with Gasteiger partial charge in [-0.25, -0.2) is 4.57 Å². The molecule has 6 nitrogen and oxygen atoms in total. The summed E-state index contributed by atoms with van der Waals surface area (Å²) in [6.45, 7) is 6.62. The number of hydrogen-bond acceptors (Lipinski definition) is 4. The minimum absolute atomic E-state index is 0.417. The normalized spacial score (nSPS) is 14.3. The molecule has 170 valence electrons. The fraction of sp³-hybridized carbons (Fsp3) is 1.00. The van der Waals surface area contributed by atoms with Gasteiger partial charge >= 0.3 is 7.82 Å². The van der Waals surface area contributed by atoms with E-state index in [1.165, 1.54) is 77.0 Å². The van der Waals surface area contributed by atoms with Gasteiger partial charge in [0.15, 0.2) is 6.29 Å². The molecule has 0 bridgehead atoms. The predicted octanol–water partition coefficient (Wildman–Crippen LogP) is 6.34. The zero-order valence-electron chi connectivity index (χ0n) is 18.4. The maximum Gasteiger partial charge on any atom is 0.472 e. The lowest BCUT2D eigenvalue weighted by Crippen LogP contribution is -2.31. The molecule has 0 aromatic carbocycles. The molecular formula is C21H45O6P. The highest BCUT2D eigenvalue weighted by Crippen LogP contribution is 2.38. The van der Waals surface area contributed by atoms with Crippen LogP contribution in [0.15, 0.2) is 0 Å². The SMILES string of the molecule is CCCCCCCCCCCCCCCCOC(OP(=O)(O)O)C(C)OCC. The Morgan fingerprint density at radius 1 is 0.714 bits per heavy atom. The van der Waals surface area contributed by atoms with E-state index >= 15 is 0 Å². The van der Waals surface area contributed by atoms with Gasteiger partial charge in [0.05, 0.1) is 0 Å². The van der Waals surface area contributed by atoms with Crippen molar-refractivity contribution in [3.05, 3.63) is 0 Å². The van der Waals surface area contributed by atoms with Gasteiger partial charge in [-0.05, 0) is 20.3 Å². The zero-order valence-corrected chi connectivity index (χ0v) is 19.3. The molecular weight excluding hydrogens is 379 g/mol. The van der Waals surface area contributed by atoms with Gasteiger partial charge in [-0.2, -0.15) is 0 Å². The summed E-state index contributed by atoms with van der Waals surface area (Å²) in [6.07, 6.45) is 16.4. The summed E-state index contributed by atoms with van der Waals surface area (Å²) >= 11 is 0. The molecule has 0 amide bonds. The van der Waals surface area contributed by atoms with E-state index in [0.717, 1.165) is 12.8 Å². The van der Waals surface area contributed by atoms with Crippen molar-refractivity contribution in [2.45, 2.75) is 123 Å². The molecule has 0 heterocycles. The molecule has 0 aromatic rings. The van der Waals surface area contributed by atoms with Crippen molar-refractivity contribution in [3.8, 4) is 0 Å². The van der Waals surface area contributed by atoms with Crippen molar-refractivity contribution in [3.63, 3.8) is 0 Å². The molecule has 2 atom stereocenters. The Morgan fingerprint density at radius 2 is 1.14 bits per heavy atom. The lowest BCUT2D eigenvalue weighted by Gasteiger charge is -2.24. The standard InChI is InChI=1S/C21H45O6P/c1-4-6-7-8-9-10-11-12-13-14-15-16-17-18-19-26-21(20(3)25-5-2)27-28(22,23)24/h20-21H,4-19H2,1-3H3,(H2,22,23,24). The zero-order chi connectivity index (χ0) is 21.1. The molecule has 28 heavy (non-hydrogen) atoms. The van der Waals surface area contributed by atoms with Crippen molar-refractivity contribution in [2.24, 2.45) is 0 Å². The second-order valence-corrected chi connectivity index (χ2v) is 8.78. The van der Waals surface area contributed by atoms with Crippen molar-refractivity contribution >= 4 is 7.82 Å². The summed E-state index contributed by atoms with van der Waals surface area (Å²) in [4.78, 5) is 18.0. The lowest BCUT2D eigenvalue weighted by atomic mass is 10.0. The molecule has 0 fully saturated rings. The highest BCUT2D eigenvalue weighted by molar-refractivity contribution is 7.46. The summed E-state index contributed by atoms with van der Waals surface area (Å²) in [5.74, 6) is 0. The molecule has 0 saturated carbocycles. The molecule has 2 N–H and O–H groups in total. The minimum atomic E-state index is -4.59. The topological polar surface area (TPSA) is 85.2 Å². The van der Waals surface area contributed by atoms with Crippen LogP contribution in [-0.2, 0) is 18.6 Å². The van der Waals surface area contributed by atoms with E-state index in [1.54, 1.807) is 6.92 Å². The van der Waals surface area contributed by atoms with Gasteiger partial charge < -0.3 is 19.3 Å². The van der Waals surface area contributed by atoms with E-state index in [0.29, 0.717) is 13.2 Å². The van der Waals surface area contributed by atoms with Crippen LogP contribution in [0.3, 0.4) is 0 Å². The van der Waals surface area contributed by atoms with Crippen molar-refractivity contribution in [2.75, 3.05) is 13.2 Å². The van der Waals surface area contributed by atoms with Crippen LogP contribution >= 0.6 is 7.82 Å². The fourth-order valence-corrected chi connectivity index (χ4v) is 3.73. The van der Waals surface area contributed by atoms with Crippen LogP contribution < -0.4 is 0 Å². The van der Waals surface area contributed by atoms with Gasteiger partial charge in [0.2, 0.25) is 0 Å². The first-order valence-electron chi connectivity index (χ1n) is 11.4. The third-order valence-electron chi connectivity index (χ3n) is 4.83. The molecule has 0 aliphatic heterocycles. The van der Waals surface area contributed by atoms with E-state index < -0.39 is 20.2 Å². The number of ether oxygens (including phenoxy) is 2. The maximum atomic E-state index is 11.0. The number of phosphoric acid groups is 1. The van der Waals surface area contributed by atoms with Crippen LogP contribution in [0.2, 0.25) is 0 Å². The second-order valence-electron chi connectivity index (χ2n) is 7.59. The Kier molecular flexibility index (Phi) is 19.0. The molecule has 0 rings (SSSR count). The van der Waals surface area contributed by atoms with E-state index in [9.17, 15) is 4.57 Å². The first kappa shape index (κ1) is 28.0. The van der Waals surface area contributed by atoms with Gasteiger partial charge in [0.25, 0.3) is 0 Å². The third-order valence-corrected chi connectivity index (χ3v) is 5.32. The minimum Gasteiger partial charge on any atom is -0.373 e. The average molecular weight is 425 g/mol. The number of rotatable bonds is 21. The Bertz CT molecular complexity index is 374. The highest BCUT2D eigenvalue weighted by Gasteiger charge is 2.28. The van der Waals surface area contributed by atoms with E-state index in [-0.39, 0.29) is 0 Å². The van der Waals surface area contributed by atoms with E-state index in [2.05, 4.69) is 6.92 Å². The predicted molar refractivity (Wildman–Crippen MR) is 114 cm³/mol. The molecule has 0 aliphatic rings. The highest BCUT2D eigenvalue weighted by atomic mass is 31.2. The number of unbranched alkanes of at least 4 members (excludes halogenated alkanes) is 13. The Hall–Kier alpha value is 0.0300. The third kappa shape index (κ3) is 19.4. The molecule has 2 unspecified atom stereocenters. The lowest BCUT2D eigenvalue weighted by molar-refractivity contribution is -0.164. The second kappa shape index (κ2) is 19.0. The first-order valence-corrected chi connectivity index (χ1v) is 12.9. The largest absolute Gasteiger partial charge is 0.472 e. The molecule has 0 aliphatic carbocycles. The monoisotopic (exact) mass is 424 g/mol. The maximum absolute atomic E-state index is 11.0. The molecule has 0 aromatic heterocycles. The molecule has 0 saturated heterocycles. The van der Waals surface area contributed by atoms with Gasteiger partial charge in [-0.1, -0.05) is 90.4 Å². The summed E-state index contributed by atoms with van der Waals surface area (Å²) in [5.41, 5.74) is 0. The van der Waals surface area contributed by atoms with Crippen LogP contribution in [0.25, 0.3) is 0 Å². The Morgan fingerprint density at radius 3 is 1.54 bits per heavy atom. The first-order chi connectivity index (χ1) is 13.4. The van der Waals surface area contributed by atoms with Gasteiger partial charge in [0, 0.05) is 13.2 Å². The van der Waals surface area contributed by atoms with Gasteiger partial charge in [0.1, 0.15) is 6.10 Å². The Balaban J connectivity index is 3.54. The smallest absolute Gasteiger partial charge is 0.373 e. The quantitative estimate of drug-likeness (QED) is 0.127. The molecule has 7 heteroatoms. The summed E-state index contributed by atoms with van der Waals surface area (Å²) < 4.78 is 26.6. The van der Waals surface area contributed by atoms with Crippen LogP contribution in [-0.4, -0.2) is 35.4 Å². The Labute approximate surface area is 173 Å². The molecule has 0 radical (unpaired) electrons. The summed E-state index contributed by atoms with van der Waals surface area (Å²) in [6, 6.07) is 0. The van der Waals surface area contributed by atoms with Crippen LogP contribution in [0.5, 0.6) is 0 Å². The van der Waals surface area contributed by atoms with Crippen LogP contribution in [0, 0.1) is 0 Å². The average Bonchev–Trinajstić information content (AvgIpc) is 2.63. The van der Waals surface area contributed by atoms with Crippen LogP contribution in [0.1, 0.15) is 111 Å². The summed E-state index contributed by atoms with van der Waals surface area (Å²) in [5, 5.41) is 0. The van der Waals surface area contributed by atoms with Gasteiger partial charge in [-0.15, -0.1) is 0 Å². The van der Waals surface area contributed by atoms with Crippen molar-refractivity contribution < 1.29 is 28.3 Å². The van der Waals surface area contributed by atoms with Crippen molar-refractivity contribution in [1.29, 1.82) is 0 Å². The number of phosphoric ester groups is 1. The van der Waals surface area contributed by atoms with E-state index in [1.807, 2.05) is 6.92 Å². The van der Waals surface area contributed by atoms with Crippen molar-refractivity contribution in [1.82, 2.24) is 0 Å². The molecule has 0 spiro atoms. The number of hydrogen-bond donors (Lipinski definition) is 2. The fourth-order valence-electron chi connectivity index (χ4n) is 3.22. The summed E-state index contributed by atoms with van der Waals surface area (Å²) in [7, 11) is -4.59. The van der Waals surface area contributed by atoms with Crippen LogP contribution in [0.4, 0.5) is 0 Å².